The van der Waals surface area contributed by atoms with Gasteiger partial charge in [0, 0.05) is 6.42 Å². The Balaban J connectivity index is 1.69. The number of para-hydroxylation sites is 2. The van der Waals surface area contributed by atoms with E-state index in [2.05, 4.69) is 10.2 Å². The molecule has 0 fully saturated rings. The van der Waals surface area contributed by atoms with Crippen LogP contribution >= 0.6 is 0 Å². The van der Waals surface area contributed by atoms with Crippen LogP contribution in [-0.2, 0) is 17.8 Å². The van der Waals surface area contributed by atoms with Crippen molar-refractivity contribution in [2.75, 3.05) is 6.61 Å². The van der Waals surface area contributed by atoms with Crippen molar-refractivity contribution in [1.82, 2.24) is 19.2 Å². The number of fused-ring (bicyclic) bond motifs is 3. The number of nitrogens with zero attached hydrogens (tertiary/aromatic N) is 4. The Hall–Kier alpha value is -3.68. The summed E-state index contributed by atoms with van der Waals surface area (Å²) in [6, 6.07) is 15.3. The zero-order valence-corrected chi connectivity index (χ0v) is 15.9. The molecule has 148 valence electrons. The lowest BCUT2D eigenvalue weighted by Crippen LogP contribution is -2.23. The van der Waals surface area contributed by atoms with Crippen LogP contribution in [0.4, 0.5) is 0 Å². The van der Waals surface area contributed by atoms with Gasteiger partial charge >= 0.3 is 5.97 Å². The second-order valence-corrected chi connectivity index (χ2v) is 6.78. The van der Waals surface area contributed by atoms with Gasteiger partial charge in [0.25, 0.3) is 5.56 Å². The first-order chi connectivity index (χ1) is 14.0. The monoisotopic (exact) mass is 392 g/mol. The highest BCUT2D eigenvalue weighted by atomic mass is 16.5. The number of carboxylic acid groups (broad SMARTS) is 1. The molecule has 0 spiro atoms. The first-order valence-electron chi connectivity index (χ1n) is 9.31. The van der Waals surface area contributed by atoms with Crippen molar-refractivity contribution in [3.8, 4) is 5.75 Å². The molecule has 0 aliphatic carbocycles. The molecule has 4 rings (SSSR count). The summed E-state index contributed by atoms with van der Waals surface area (Å²) in [6.45, 7) is 2.89. The lowest BCUT2D eigenvalue weighted by Gasteiger charge is -2.08. The van der Waals surface area contributed by atoms with Gasteiger partial charge in [-0.05, 0) is 31.2 Å². The largest absolute Gasteiger partial charge is 0.492 e. The van der Waals surface area contributed by atoms with E-state index in [4.69, 9.17) is 9.84 Å². The molecule has 0 atom stereocenters. The van der Waals surface area contributed by atoms with Crippen LogP contribution in [0.15, 0.2) is 53.3 Å². The summed E-state index contributed by atoms with van der Waals surface area (Å²) in [4.78, 5) is 23.8. The fourth-order valence-electron chi connectivity index (χ4n) is 3.29. The minimum atomic E-state index is -0.980. The summed E-state index contributed by atoms with van der Waals surface area (Å²) in [5.74, 6) is 0.199. The van der Waals surface area contributed by atoms with Gasteiger partial charge in [-0.25, -0.2) is 4.40 Å². The van der Waals surface area contributed by atoms with E-state index in [1.807, 2.05) is 60.0 Å². The summed E-state index contributed by atoms with van der Waals surface area (Å²) in [6.07, 6.45) is -0.126. The molecule has 4 aromatic rings. The zero-order chi connectivity index (χ0) is 20.4. The Bertz CT molecular complexity index is 1240. The Morgan fingerprint density at radius 3 is 2.52 bits per heavy atom. The molecule has 0 radical (unpaired) electrons. The minimum absolute atomic E-state index is 0.0418. The molecule has 2 aromatic carbocycles. The third kappa shape index (κ3) is 3.69. The van der Waals surface area contributed by atoms with Gasteiger partial charge in [0.05, 0.1) is 24.0 Å². The van der Waals surface area contributed by atoms with Crippen molar-refractivity contribution in [3.05, 3.63) is 70.1 Å². The van der Waals surface area contributed by atoms with Crippen LogP contribution in [-0.4, -0.2) is 36.8 Å². The average molecular weight is 392 g/mol. The number of aromatic nitrogens is 4. The quantitative estimate of drug-likeness (QED) is 0.519. The Labute approximate surface area is 166 Å². The van der Waals surface area contributed by atoms with Crippen molar-refractivity contribution in [2.45, 2.75) is 26.3 Å². The van der Waals surface area contributed by atoms with E-state index >= 15 is 0 Å². The topological polar surface area (TPSA) is 98.7 Å². The fourth-order valence-corrected chi connectivity index (χ4v) is 3.29. The second kappa shape index (κ2) is 7.75. The van der Waals surface area contributed by atoms with Crippen LogP contribution in [0.2, 0.25) is 0 Å². The number of rotatable bonds is 7. The normalized spacial score (nSPS) is 11.2. The Morgan fingerprint density at radius 2 is 1.79 bits per heavy atom. The zero-order valence-electron chi connectivity index (χ0n) is 15.9. The Kier molecular flexibility index (Phi) is 4.99. The number of ether oxygens (including phenoxy) is 1. The van der Waals surface area contributed by atoms with E-state index in [1.165, 1.54) is 4.40 Å². The summed E-state index contributed by atoms with van der Waals surface area (Å²) in [5, 5.41) is 17.1. The van der Waals surface area contributed by atoms with Gasteiger partial charge in [0.2, 0.25) is 5.78 Å². The molecule has 8 heteroatoms. The lowest BCUT2D eigenvalue weighted by molar-refractivity contribution is -0.136. The van der Waals surface area contributed by atoms with E-state index in [0.29, 0.717) is 24.4 Å². The number of carbonyl (C=O) groups is 1. The Morgan fingerprint density at radius 1 is 1.07 bits per heavy atom. The second-order valence-electron chi connectivity index (χ2n) is 6.78. The van der Waals surface area contributed by atoms with Gasteiger partial charge in [0.15, 0.2) is 0 Å². The molecule has 0 aliphatic heterocycles. The van der Waals surface area contributed by atoms with Crippen LogP contribution in [0.5, 0.6) is 5.75 Å². The van der Waals surface area contributed by atoms with E-state index in [9.17, 15) is 9.59 Å². The maximum atomic E-state index is 12.9. The van der Waals surface area contributed by atoms with Gasteiger partial charge in [-0.15, -0.1) is 10.2 Å². The van der Waals surface area contributed by atoms with Crippen molar-refractivity contribution < 1.29 is 14.6 Å². The van der Waals surface area contributed by atoms with E-state index in [-0.39, 0.29) is 24.1 Å². The highest BCUT2D eigenvalue weighted by Crippen LogP contribution is 2.18. The molecule has 0 aliphatic rings. The first kappa shape index (κ1) is 18.7. The number of aryl methyl sites for hydroxylation is 2. The highest BCUT2D eigenvalue weighted by molar-refractivity contribution is 5.80. The molecule has 29 heavy (non-hydrogen) atoms. The van der Waals surface area contributed by atoms with Gasteiger partial charge in [0.1, 0.15) is 18.1 Å². The van der Waals surface area contributed by atoms with Crippen molar-refractivity contribution in [3.63, 3.8) is 0 Å². The lowest BCUT2D eigenvalue weighted by atomic mass is 10.2. The fraction of sp³-hybridized carbons (Fsp3) is 0.238. The molecule has 0 bridgehead atoms. The molecule has 1 N–H and O–H groups in total. The van der Waals surface area contributed by atoms with E-state index < -0.39 is 5.97 Å². The maximum absolute atomic E-state index is 12.9. The summed E-state index contributed by atoms with van der Waals surface area (Å²) in [7, 11) is 0. The first-order valence-corrected chi connectivity index (χ1v) is 9.31. The molecular weight excluding hydrogens is 372 g/mol. The number of benzene rings is 2. The molecule has 2 aromatic heterocycles. The highest BCUT2D eigenvalue weighted by Gasteiger charge is 2.16. The number of aliphatic carboxylic acids is 1. The average Bonchev–Trinajstić information content (AvgIpc) is 3.03. The van der Waals surface area contributed by atoms with Crippen LogP contribution in [0.3, 0.4) is 0 Å². The van der Waals surface area contributed by atoms with Gasteiger partial charge in [-0.2, -0.15) is 0 Å². The molecule has 0 saturated carbocycles. The predicted octanol–water partition coefficient (Wildman–Crippen LogP) is 2.45. The minimum Gasteiger partial charge on any atom is -0.492 e. The van der Waals surface area contributed by atoms with Crippen molar-refractivity contribution in [2.24, 2.45) is 0 Å². The third-order valence-corrected chi connectivity index (χ3v) is 4.75. The van der Waals surface area contributed by atoms with Crippen LogP contribution in [0.25, 0.3) is 16.8 Å². The van der Waals surface area contributed by atoms with Gasteiger partial charge in [-0.3, -0.25) is 9.59 Å². The molecule has 8 nitrogen and oxygen atoms in total. The molecule has 0 unspecified atom stereocenters. The summed E-state index contributed by atoms with van der Waals surface area (Å²) >= 11 is 0. The number of hydrogen-bond donors (Lipinski definition) is 1. The standard InChI is InChI=1S/C21H20N4O4/c1-14-6-8-15(9-7-14)29-13-12-24-17-4-2-3-5-18(17)25-20(28)16(10-11-19(26)27)22-23-21(24)25/h2-9H,10-13H2,1H3,(H,26,27). The smallest absolute Gasteiger partial charge is 0.303 e. The van der Waals surface area contributed by atoms with Gasteiger partial charge in [-0.1, -0.05) is 29.8 Å². The SMILES string of the molecule is Cc1ccc(OCCn2c3ccccc3n3c(=O)c(CCC(=O)O)nnc23)cc1. The van der Waals surface area contributed by atoms with Crippen molar-refractivity contribution in [1.29, 1.82) is 0 Å². The van der Waals surface area contributed by atoms with Crippen LogP contribution < -0.4 is 10.3 Å². The van der Waals surface area contributed by atoms with E-state index in [1.54, 1.807) is 0 Å². The number of imidazole rings is 1. The molecule has 0 saturated heterocycles. The number of hydrogen-bond acceptors (Lipinski definition) is 5. The molecular formula is C21H20N4O4. The summed E-state index contributed by atoms with van der Waals surface area (Å²) in [5.41, 5.74) is 2.50. The number of carboxylic acids is 1. The molecule has 0 amide bonds. The molecule has 2 heterocycles. The van der Waals surface area contributed by atoms with Crippen LogP contribution in [0.1, 0.15) is 17.7 Å². The van der Waals surface area contributed by atoms with E-state index in [0.717, 1.165) is 16.8 Å². The predicted molar refractivity (Wildman–Crippen MR) is 107 cm³/mol. The van der Waals surface area contributed by atoms with Gasteiger partial charge < -0.3 is 14.4 Å². The van der Waals surface area contributed by atoms with Crippen molar-refractivity contribution >= 4 is 22.8 Å². The third-order valence-electron chi connectivity index (χ3n) is 4.75. The maximum Gasteiger partial charge on any atom is 0.303 e. The van der Waals surface area contributed by atoms with Crippen LogP contribution in [0, 0.1) is 6.92 Å². The summed E-state index contributed by atoms with van der Waals surface area (Å²) < 4.78 is 9.21.